The molecular formula is C17H11N3O2S. The number of aromatic nitrogens is 3. The molecule has 0 radical (unpaired) electrons. The van der Waals surface area contributed by atoms with Crippen LogP contribution in [0.25, 0.3) is 28.0 Å². The molecule has 0 saturated carbocycles. The summed E-state index contributed by atoms with van der Waals surface area (Å²) in [5.41, 5.74) is 1.98. The number of rotatable bonds is 2. The summed E-state index contributed by atoms with van der Waals surface area (Å²) in [7, 11) is 0. The summed E-state index contributed by atoms with van der Waals surface area (Å²) < 4.78 is 7.52. The summed E-state index contributed by atoms with van der Waals surface area (Å²) in [5.74, 6) is 0.729. The topological polar surface area (TPSA) is 63.8 Å². The molecule has 0 atom stereocenters. The first-order chi connectivity index (χ1) is 11.2. The van der Waals surface area contributed by atoms with Crippen LogP contribution in [0.2, 0.25) is 0 Å². The molecule has 4 rings (SSSR count). The molecule has 0 aliphatic rings. The Morgan fingerprint density at radius 1 is 1.04 bits per heavy atom. The van der Waals surface area contributed by atoms with Gasteiger partial charge in [0.25, 0.3) is 0 Å². The normalized spacial score (nSPS) is 11.0. The monoisotopic (exact) mass is 321 g/mol. The summed E-state index contributed by atoms with van der Waals surface area (Å²) in [6, 6.07) is 18.5. The van der Waals surface area contributed by atoms with Crippen LogP contribution in [0.4, 0.5) is 0 Å². The highest BCUT2D eigenvalue weighted by atomic mass is 32.1. The molecule has 0 aliphatic heterocycles. The van der Waals surface area contributed by atoms with E-state index in [4.69, 9.17) is 16.6 Å². The Labute approximate surface area is 135 Å². The molecule has 1 N–H and O–H groups in total. The summed E-state index contributed by atoms with van der Waals surface area (Å²) in [5, 5.41) is 7.99. The van der Waals surface area contributed by atoms with Gasteiger partial charge in [0.1, 0.15) is 5.58 Å². The van der Waals surface area contributed by atoms with E-state index in [2.05, 4.69) is 10.2 Å². The van der Waals surface area contributed by atoms with E-state index in [1.165, 1.54) is 6.07 Å². The van der Waals surface area contributed by atoms with Crippen molar-refractivity contribution in [3.05, 3.63) is 75.9 Å². The second kappa shape index (κ2) is 5.33. The van der Waals surface area contributed by atoms with Crippen molar-refractivity contribution in [3.63, 3.8) is 0 Å². The smallest absolute Gasteiger partial charge is 0.336 e. The van der Waals surface area contributed by atoms with Gasteiger partial charge in [0.15, 0.2) is 10.6 Å². The number of aromatic amines is 1. The zero-order valence-corrected chi connectivity index (χ0v) is 12.7. The highest BCUT2D eigenvalue weighted by Gasteiger charge is 2.11. The van der Waals surface area contributed by atoms with Crippen molar-refractivity contribution in [2.45, 2.75) is 0 Å². The highest BCUT2D eigenvalue weighted by molar-refractivity contribution is 7.71. The molecule has 0 saturated heterocycles. The Balaban J connectivity index is 1.95. The number of benzene rings is 2. The number of nitrogens with zero attached hydrogens (tertiary/aromatic N) is 2. The molecule has 2 aromatic carbocycles. The van der Waals surface area contributed by atoms with Crippen LogP contribution in [0.15, 0.2) is 69.9 Å². The molecular weight excluding hydrogens is 310 g/mol. The van der Waals surface area contributed by atoms with Crippen molar-refractivity contribution in [2.24, 2.45) is 0 Å². The van der Waals surface area contributed by atoms with Crippen LogP contribution in [0.1, 0.15) is 0 Å². The lowest BCUT2D eigenvalue weighted by molar-refractivity contribution is 0.561. The average Bonchev–Trinajstić information content (AvgIpc) is 2.97. The van der Waals surface area contributed by atoms with Gasteiger partial charge in [-0.2, -0.15) is 5.10 Å². The Morgan fingerprint density at radius 2 is 1.87 bits per heavy atom. The predicted octanol–water partition coefficient (Wildman–Crippen LogP) is 3.70. The van der Waals surface area contributed by atoms with E-state index in [1.807, 2.05) is 47.0 Å². The zero-order chi connectivity index (χ0) is 15.8. The molecule has 0 spiro atoms. The van der Waals surface area contributed by atoms with Crippen molar-refractivity contribution in [1.82, 2.24) is 14.8 Å². The standard InChI is InChI=1S/C17H11N3O2S/c21-15-9-6-12-10-13(7-8-14(12)22-15)20-16(18-19-17(20)23)11-4-2-1-3-5-11/h1-10H,(H,19,23). The molecule has 0 aliphatic carbocycles. The molecule has 5 nitrogen and oxygen atoms in total. The maximum atomic E-state index is 11.3. The van der Waals surface area contributed by atoms with Crippen molar-refractivity contribution >= 4 is 23.2 Å². The lowest BCUT2D eigenvalue weighted by atomic mass is 10.2. The van der Waals surface area contributed by atoms with Crippen LogP contribution in [-0.4, -0.2) is 14.8 Å². The van der Waals surface area contributed by atoms with Crippen molar-refractivity contribution in [1.29, 1.82) is 0 Å². The van der Waals surface area contributed by atoms with Gasteiger partial charge < -0.3 is 4.42 Å². The second-order valence-corrected chi connectivity index (χ2v) is 5.42. The largest absolute Gasteiger partial charge is 0.423 e. The average molecular weight is 321 g/mol. The number of H-pyrrole nitrogens is 1. The minimum Gasteiger partial charge on any atom is -0.423 e. The van der Waals surface area contributed by atoms with Gasteiger partial charge in [0.05, 0.1) is 5.69 Å². The fraction of sp³-hybridized carbons (Fsp3) is 0. The van der Waals surface area contributed by atoms with Gasteiger partial charge in [-0.15, -0.1) is 0 Å². The minimum atomic E-state index is -0.366. The molecule has 0 amide bonds. The van der Waals surface area contributed by atoms with E-state index in [-0.39, 0.29) is 5.63 Å². The quantitative estimate of drug-likeness (QED) is 0.451. The summed E-state index contributed by atoms with van der Waals surface area (Å²) in [6.07, 6.45) is 0. The number of hydrogen-bond donors (Lipinski definition) is 1. The second-order valence-electron chi connectivity index (χ2n) is 5.03. The third-order valence-electron chi connectivity index (χ3n) is 3.57. The molecule has 2 heterocycles. The van der Waals surface area contributed by atoms with Gasteiger partial charge in [-0.3, -0.25) is 9.67 Å². The van der Waals surface area contributed by atoms with Crippen molar-refractivity contribution < 1.29 is 4.42 Å². The fourth-order valence-corrected chi connectivity index (χ4v) is 2.75. The first kappa shape index (κ1) is 13.7. The maximum Gasteiger partial charge on any atom is 0.336 e. The Morgan fingerprint density at radius 3 is 2.70 bits per heavy atom. The molecule has 6 heteroatoms. The van der Waals surface area contributed by atoms with Crippen LogP contribution >= 0.6 is 12.2 Å². The van der Waals surface area contributed by atoms with Gasteiger partial charge in [0.2, 0.25) is 0 Å². The Bertz CT molecular complexity index is 1110. The van der Waals surface area contributed by atoms with E-state index >= 15 is 0 Å². The third-order valence-corrected chi connectivity index (χ3v) is 3.84. The van der Waals surface area contributed by atoms with Crippen LogP contribution in [0.5, 0.6) is 0 Å². The van der Waals surface area contributed by atoms with E-state index in [0.29, 0.717) is 10.4 Å². The molecule has 112 valence electrons. The number of fused-ring (bicyclic) bond motifs is 1. The van der Waals surface area contributed by atoms with Crippen LogP contribution in [0, 0.1) is 4.77 Å². The van der Waals surface area contributed by atoms with Crippen molar-refractivity contribution in [2.75, 3.05) is 0 Å². The Kier molecular flexibility index (Phi) is 3.17. The molecule has 4 aromatic rings. The van der Waals surface area contributed by atoms with Gasteiger partial charge in [-0.25, -0.2) is 4.79 Å². The zero-order valence-electron chi connectivity index (χ0n) is 11.9. The van der Waals surface area contributed by atoms with Gasteiger partial charge in [-0.1, -0.05) is 30.3 Å². The van der Waals surface area contributed by atoms with E-state index in [1.54, 1.807) is 12.1 Å². The summed E-state index contributed by atoms with van der Waals surface area (Å²) in [4.78, 5) is 11.3. The van der Waals surface area contributed by atoms with Gasteiger partial charge in [-0.05, 0) is 36.5 Å². The van der Waals surface area contributed by atoms with Crippen molar-refractivity contribution in [3.8, 4) is 17.1 Å². The maximum absolute atomic E-state index is 11.3. The van der Waals surface area contributed by atoms with Crippen LogP contribution < -0.4 is 5.63 Å². The fourth-order valence-electron chi connectivity index (χ4n) is 2.52. The lowest BCUT2D eigenvalue weighted by Gasteiger charge is -2.07. The lowest BCUT2D eigenvalue weighted by Crippen LogP contribution is -1.99. The molecule has 0 unspecified atom stereocenters. The van der Waals surface area contributed by atoms with E-state index < -0.39 is 0 Å². The molecule has 0 bridgehead atoms. The molecule has 23 heavy (non-hydrogen) atoms. The van der Waals surface area contributed by atoms with Gasteiger partial charge in [0, 0.05) is 17.0 Å². The molecule has 2 aromatic heterocycles. The number of hydrogen-bond acceptors (Lipinski definition) is 4. The predicted molar refractivity (Wildman–Crippen MR) is 90.2 cm³/mol. The first-order valence-electron chi connectivity index (χ1n) is 6.99. The van der Waals surface area contributed by atoms with Gasteiger partial charge >= 0.3 is 5.63 Å². The minimum absolute atomic E-state index is 0.366. The van der Waals surface area contributed by atoms with E-state index in [0.717, 1.165) is 22.5 Å². The number of nitrogens with one attached hydrogen (secondary N) is 1. The first-order valence-corrected chi connectivity index (χ1v) is 7.40. The summed E-state index contributed by atoms with van der Waals surface area (Å²) in [6.45, 7) is 0. The van der Waals surface area contributed by atoms with Crippen LogP contribution in [0.3, 0.4) is 0 Å². The van der Waals surface area contributed by atoms with E-state index in [9.17, 15) is 4.79 Å². The Hall–Kier alpha value is -2.99. The third kappa shape index (κ3) is 2.39. The van der Waals surface area contributed by atoms with Crippen LogP contribution in [-0.2, 0) is 0 Å². The summed E-state index contributed by atoms with van der Waals surface area (Å²) >= 11 is 5.37. The molecule has 0 fully saturated rings. The SMILES string of the molecule is O=c1ccc2cc(-n3c(-c4ccccc4)n[nH]c3=S)ccc2o1. The highest BCUT2D eigenvalue weighted by Crippen LogP contribution is 2.23.